The van der Waals surface area contributed by atoms with Crippen molar-refractivity contribution in [3.05, 3.63) is 99.5 Å². The van der Waals surface area contributed by atoms with Crippen LogP contribution in [0.3, 0.4) is 0 Å². The van der Waals surface area contributed by atoms with Crippen LogP contribution in [-0.2, 0) is 5.54 Å². The summed E-state index contributed by atoms with van der Waals surface area (Å²) in [5, 5.41) is 3.16. The van der Waals surface area contributed by atoms with Gasteiger partial charge in [-0.05, 0) is 54.4 Å². The molecule has 8 heteroatoms. The SMILES string of the molecule is C[C@@H]1NC(c2ccc(F)c(=O)[nH]2)=N[C@]1(c1ccc(F)cc1)c1ccnc(F)c1. The Hall–Kier alpha value is -3.42. The van der Waals surface area contributed by atoms with E-state index in [-0.39, 0.29) is 11.7 Å². The van der Waals surface area contributed by atoms with Gasteiger partial charge in [-0.25, -0.2) is 18.8 Å². The predicted octanol–water partition coefficient (Wildman–Crippen LogP) is 2.87. The summed E-state index contributed by atoms with van der Waals surface area (Å²) in [6.45, 7) is 1.83. The monoisotopic (exact) mass is 384 g/mol. The number of H-pyrrole nitrogens is 1. The second-order valence-electron chi connectivity index (χ2n) is 6.52. The molecular weight excluding hydrogens is 369 g/mol. The topological polar surface area (TPSA) is 70.1 Å². The molecule has 5 nitrogen and oxygen atoms in total. The van der Waals surface area contributed by atoms with E-state index in [1.165, 1.54) is 30.5 Å². The quantitative estimate of drug-likeness (QED) is 0.683. The third-order valence-corrected chi connectivity index (χ3v) is 4.84. The first-order valence-corrected chi connectivity index (χ1v) is 8.54. The van der Waals surface area contributed by atoms with E-state index in [0.29, 0.717) is 17.0 Å². The Bertz CT molecular complexity index is 1130. The Morgan fingerprint density at radius 3 is 2.43 bits per heavy atom. The van der Waals surface area contributed by atoms with Crippen molar-refractivity contribution in [2.75, 3.05) is 0 Å². The van der Waals surface area contributed by atoms with Crippen LogP contribution in [0.25, 0.3) is 0 Å². The second kappa shape index (κ2) is 6.63. The van der Waals surface area contributed by atoms with Crippen LogP contribution in [0, 0.1) is 17.6 Å². The highest BCUT2D eigenvalue weighted by Crippen LogP contribution is 2.40. The molecule has 0 bridgehead atoms. The zero-order valence-corrected chi connectivity index (χ0v) is 14.7. The van der Waals surface area contributed by atoms with E-state index in [0.717, 1.165) is 6.07 Å². The molecule has 1 aliphatic rings. The van der Waals surface area contributed by atoms with Crippen molar-refractivity contribution in [1.82, 2.24) is 15.3 Å². The molecule has 0 aliphatic carbocycles. The van der Waals surface area contributed by atoms with Crippen LogP contribution < -0.4 is 10.9 Å². The second-order valence-corrected chi connectivity index (χ2v) is 6.52. The molecule has 1 aromatic carbocycles. The highest BCUT2D eigenvalue weighted by Gasteiger charge is 2.45. The van der Waals surface area contributed by atoms with E-state index >= 15 is 0 Å². The van der Waals surface area contributed by atoms with Crippen LogP contribution in [-0.4, -0.2) is 21.8 Å². The molecule has 2 atom stereocenters. The highest BCUT2D eigenvalue weighted by molar-refractivity contribution is 5.99. The van der Waals surface area contributed by atoms with Crippen LogP contribution in [0.15, 0.2) is 64.5 Å². The summed E-state index contributed by atoms with van der Waals surface area (Å²) >= 11 is 0. The number of pyridine rings is 2. The summed E-state index contributed by atoms with van der Waals surface area (Å²) in [7, 11) is 0. The summed E-state index contributed by atoms with van der Waals surface area (Å²) in [6.07, 6.45) is 1.33. The van der Waals surface area contributed by atoms with Gasteiger partial charge in [-0.3, -0.25) is 4.79 Å². The third kappa shape index (κ3) is 2.87. The summed E-state index contributed by atoms with van der Waals surface area (Å²) in [5.74, 6) is -1.68. The van der Waals surface area contributed by atoms with Gasteiger partial charge in [0.1, 0.15) is 17.2 Å². The lowest BCUT2D eigenvalue weighted by Gasteiger charge is -2.31. The largest absolute Gasteiger partial charge is 0.363 e. The lowest BCUT2D eigenvalue weighted by Crippen LogP contribution is -2.41. The maximum absolute atomic E-state index is 13.9. The van der Waals surface area contributed by atoms with E-state index in [1.54, 1.807) is 18.2 Å². The number of halogens is 3. The van der Waals surface area contributed by atoms with Crippen molar-refractivity contribution < 1.29 is 13.2 Å². The number of amidine groups is 1. The molecule has 0 spiro atoms. The van der Waals surface area contributed by atoms with Crippen molar-refractivity contribution in [1.29, 1.82) is 0 Å². The van der Waals surface area contributed by atoms with E-state index < -0.39 is 28.7 Å². The molecule has 2 aromatic heterocycles. The molecule has 0 saturated carbocycles. The van der Waals surface area contributed by atoms with Gasteiger partial charge in [0.15, 0.2) is 5.82 Å². The van der Waals surface area contributed by atoms with Crippen molar-refractivity contribution in [3.63, 3.8) is 0 Å². The molecule has 1 aliphatic heterocycles. The van der Waals surface area contributed by atoms with E-state index in [2.05, 4.69) is 15.3 Å². The molecule has 3 heterocycles. The maximum Gasteiger partial charge on any atom is 0.284 e. The van der Waals surface area contributed by atoms with Gasteiger partial charge in [0.25, 0.3) is 5.56 Å². The van der Waals surface area contributed by atoms with Crippen molar-refractivity contribution in [2.24, 2.45) is 4.99 Å². The van der Waals surface area contributed by atoms with Crippen LogP contribution in [0.2, 0.25) is 0 Å². The number of hydrogen-bond donors (Lipinski definition) is 2. The summed E-state index contributed by atoms with van der Waals surface area (Å²) < 4.78 is 40.7. The van der Waals surface area contributed by atoms with E-state index in [4.69, 9.17) is 4.99 Å². The van der Waals surface area contributed by atoms with Crippen molar-refractivity contribution in [2.45, 2.75) is 18.5 Å². The number of aromatic nitrogens is 2. The molecule has 0 amide bonds. The molecule has 0 fully saturated rings. The maximum atomic E-state index is 13.9. The normalized spacial score (nSPS) is 21.3. The van der Waals surface area contributed by atoms with Gasteiger partial charge in [0.2, 0.25) is 5.95 Å². The molecule has 142 valence electrons. The van der Waals surface area contributed by atoms with Gasteiger partial charge >= 0.3 is 0 Å². The first-order chi connectivity index (χ1) is 13.4. The van der Waals surface area contributed by atoms with E-state index in [1.807, 2.05) is 6.92 Å². The number of benzene rings is 1. The minimum absolute atomic E-state index is 0.289. The minimum atomic E-state index is -1.10. The summed E-state index contributed by atoms with van der Waals surface area (Å²) in [4.78, 5) is 22.4. The predicted molar refractivity (Wildman–Crippen MR) is 97.5 cm³/mol. The van der Waals surface area contributed by atoms with E-state index in [9.17, 15) is 18.0 Å². The number of rotatable bonds is 3. The van der Waals surface area contributed by atoms with Crippen LogP contribution in [0.4, 0.5) is 13.2 Å². The fraction of sp³-hybridized carbons (Fsp3) is 0.150. The van der Waals surface area contributed by atoms with Gasteiger partial charge in [0.05, 0.1) is 11.7 Å². The first kappa shape index (κ1) is 18.0. The lowest BCUT2D eigenvalue weighted by molar-refractivity contribution is 0.448. The number of hydrogen-bond acceptors (Lipinski definition) is 4. The van der Waals surface area contributed by atoms with Gasteiger partial charge < -0.3 is 10.3 Å². The Kier molecular flexibility index (Phi) is 4.26. The number of aliphatic imine (C=N–C) groups is 1. The average Bonchev–Trinajstić information content (AvgIpc) is 3.03. The molecule has 2 N–H and O–H groups in total. The Morgan fingerprint density at radius 2 is 1.75 bits per heavy atom. The Labute approximate surface area is 158 Å². The minimum Gasteiger partial charge on any atom is -0.363 e. The fourth-order valence-corrected chi connectivity index (χ4v) is 3.49. The van der Waals surface area contributed by atoms with Gasteiger partial charge in [-0.15, -0.1) is 0 Å². The molecule has 0 radical (unpaired) electrons. The van der Waals surface area contributed by atoms with Gasteiger partial charge in [0, 0.05) is 6.20 Å². The summed E-state index contributed by atoms with van der Waals surface area (Å²) in [5.41, 5.74) is -0.552. The number of nitrogens with one attached hydrogen (secondary N) is 2. The molecular formula is C20H15F3N4O. The number of aromatic amines is 1. The molecule has 0 unspecified atom stereocenters. The smallest absolute Gasteiger partial charge is 0.284 e. The highest BCUT2D eigenvalue weighted by atomic mass is 19.1. The molecule has 4 rings (SSSR count). The molecule has 0 saturated heterocycles. The summed E-state index contributed by atoms with van der Waals surface area (Å²) in [6, 6.07) is 10.7. The van der Waals surface area contributed by atoms with Gasteiger partial charge in [-0.2, -0.15) is 4.39 Å². The fourth-order valence-electron chi connectivity index (χ4n) is 3.49. The van der Waals surface area contributed by atoms with Crippen LogP contribution >= 0.6 is 0 Å². The molecule has 28 heavy (non-hydrogen) atoms. The molecule has 3 aromatic rings. The van der Waals surface area contributed by atoms with Crippen LogP contribution in [0.1, 0.15) is 23.7 Å². The average molecular weight is 384 g/mol. The zero-order valence-electron chi connectivity index (χ0n) is 14.7. The first-order valence-electron chi connectivity index (χ1n) is 8.54. The Balaban J connectivity index is 1.94. The van der Waals surface area contributed by atoms with Crippen molar-refractivity contribution >= 4 is 5.84 Å². The van der Waals surface area contributed by atoms with Crippen molar-refractivity contribution in [3.8, 4) is 0 Å². The Morgan fingerprint density at radius 1 is 1.00 bits per heavy atom. The van der Waals surface area contributed by atoms with Crippen LogP contribution in [0.5, 0.6) is 0 Å². The standard InChI is InChI=1S/C20H15F3N4O/c1-11-20(12-2-4-14(21)5-3-12,13-8-9-24-17(23)10-13)27-18(25-11)16-7-6-15(22)19(28)26-16/h2-11H,1H3,(H,25,27)(H,26,28)/t11-,20+/m0/s1. The number of nitrogens with zero attached hydrogens (tertiary/aromatic N) is 2. The third-order valence-electron chi connectivity index (χ3n) is 4.84. The lowest BCUT2D eigenvalue weighted by atomic mass is 9.79. The van der Waals surface area contributed by atoms with Gasteiger partial charge in [-0.1, -0.05) is 12.1 Å². The zero-order chi connectivity index (χ0) is 19.9.